The zero-order valence-electron chi connectivity index (χ0n) is 19.4. The van der Waals surface area contributed by atoms with Gasteiger partial charge in [0, 0.05) is 39.1 Å². The van der Waals surface area contributed by atoms with Crippen LogP contribution in [0.2, 0.25) is 0 Å². The molecule has 2 heterocycles. The van der Waals surface area contributed by atoms with E-state index in [4.69, 9.17) is 0 Å². The van der Waals surface area contributed by atoms with Crippen LogP contribution in [0.5, 0.6) is 0 Å². The SMILES string of the molecule is Cc1cccc(CN2CCN(C(=O)[C@H]3CCC(=O)N(CCCc4ccccc4)C3)CC2=O)c1. The number of rotatable bonds is 7. The monoisotopic (exact) mass is 447 g/mol. The maximum absolute atomic E-state index is 13.2. The standard InChI is InChI=1S/C27H33N3O3/c1-21-7-5-10-23(17-21)18-29-15-16-30(20-26(29)32)27(33)24-12-13-25(31)28(19-24)14-6-11-22-8-3-2-4-9-22/h2-5,7-10,17,24H,6,11-16,18-20H2,1H3/t24-/m0/s1. The molecule has 2 aromatic carbocycles. The highest BCUT2D eigenvalue weighted by molar-refractivity contribution is 5.88. The number of carbonyl (C=O) groups is 3. The third kappa shape index (κ3) is 6.01. The molecule has 0 bridgehead atoms. The Morgan fingerprint density at radius 3 is 2.48 bits per heavy atom. The number of hydrogen-bond donors (Lipinski definition) is 0. The molecule has 6 heteroatoms. The fraction of sp³-hybridized carbons (Fsp3) is 0.444. The molecular formula is C27H33N3O3. The van der Waals surface area contributed by atoms with E-state index in [2.05, 4.69) is 18.2 Å². The molecule has 0 unspecified atom stereocenters. The first kappa shape index (κ1) is 23.0. The number of nitrogens with zero attached hydrogens (tertiary/aromatic N) is 3. The van der Waals surface area contributed by atoms with Gasteiger partial charge in [-0.1, -0.05) is 60.2 Å². The van der Waals surface area contributed by atoms with Crippen LogP contribution in [0.25, 0.3) is 0 Å². The molecule has 0 aromatic heterocycles. The van der Waals surface area contributed by atoms with Crippen molar-refractivity contribution in [2.75, 3.05) is 32.7 Å². The lowest BCUT2D eigenvalue weighted by Crippen LogP contribution is -2.55. The summed E-state index contributed by atoms with van der Waals surface area (Å²) in [6.07, 6.45) is 2.78. The van der Waals surface area contributed by atoms with Crippen molar-refractivity contribution in [1.29, 1.82) is 0 Å². The van der Waals surface area contributed by atoms with Gasteiger partial charge >= 0.3 is 0 Å². The molecule has 2 saturated heterocycles. The lowest BCUT2D eigenvalue weighted by atomic mass is 9.95. The van der Waals surface area contributed by atoms with Gasteiger partial charge in [0.25, 0.3) is 0 Å². The number of piperidine rings is 1. The largest absolute Gasteiger partial charge is 0.342 e. The summed E-state index contributed by atoms with van der Waals surface area (Å²) >= 11 is 0. The molecule has 2 aliphatic rings. The molecule has 3 amide bonds. The predicted octanol–water partition coefficient (Wildman–Crippen LogP) is 3.04. The first-order valence-electron chi connectivity index (χ1n) is 11.9. The summed E-state index contributed by atoms with van der Waals surface area (Å²) in [5.41, 5.74) is 3.55. The van der Waals surface area contributed by atoms with Crippen LogP contribution in [0.15, 0.2) is 54.6 Å². The molecule has 2 fully saturated rings. The number of aryl methyl sites for hydroxylation is 2. The van der Waals surface area contributed by atoms with E-state index in [1.807, 2.05) is 53.1 Å². The van der Waals surface area contributed by atoms with E-state index in [0.29, 0.717) is 45.6 Å². The Labute approximate surface area is 196 Å². The number of carbonyl (C=O) groups excluding carboxylic acids is 3. The third-order valence-corrected chi connectivity index (χ3v) is 6.67. The zero-order chi connectivity index (χ0) is 23.2. The zero-order valence-corrected chi connectivity index (χ0v) is 19.4. The van der Waals surface area contributed by atoms with Crippen LogP contribution >= 0.6 is 0 Å². The first-order chi connectivity index (χ1) is 16.0. The first-order valence-corrected chi connectivity index (χ1v) is 11.9. The highest BCUT2D eigenvalue weighted by Crippen LogP contribution is 2.22. The van der Waals surface area contributed by atoms with E-state index in [9.17, 15) is 14.4 Å². The number of benzene rings is 2. The lowest BCUT2D eigenvalue weighted by Gasteiger charge is -2.38. The van der Waals surface area contributed by atoms with Gasteiger partial charge in [0.15, 0.2) is 0 Å². The average Bonchev–Trinajstić information content (AvgIpc) is 2.82. The van der Waals surface area contributed by atoms with Crippen molar-refractivity contribution in [1.82, 2.24) is 14.7 Å². The molecule has 0 aliphatic carbocycles. The number of hydrogen-bond acceptors (Lipinski definition) is 3. The average molecular weight is 448 g/mol. The molecule has 0 radical (unpaired) electrons. The van der Waals surface area contributed by atoms with Crippen LogP contribution in [0.4, 0.5) is 0 Å². The van der Waals surface area contributed by atoms with Crippen molar-refractivity contribution in [3.05, 3.63) is 71.3 Å². The van der Waals surface area contributed by atoms with Crippen LogP contribution in [0, 0.1) is 12.8 Å². The molecule has 1 atom stereocenters. The van der Waals surface area contributed by atoms with Crippen molar-refractivity contribution < 1.29 is 14.4 Å². The lowest BCUT2D eigenvalue weighted by molar-refractivity contribution is -0.151. The predicted molar refractivity (Wildman–Crippen MR) is 127 cm³/mol. The van der Waals surface area contributed by atoms with Gasteiger partial charge in [-0.2, -0.15) is 0 Å². The van der Waals surface area contributed by atoms with Crippen molar-refractivity contribution in [3.8, 4) is 0 Å². The van der Waals surface area contributed by atoms with Crippen molar-refractivity contribution in [3.63, 3.8) is 0 Å². The maximum atomic E-state index is 13.2. The quantitative estimate of drug-likeness (QED) is 0.656. The number of piperazine rings is 1. The second-order valence-corrected chi connectivity index (χ2v) is 9.23. The van der Waals surface area contributed by atoms with Crippen LogP contribution in [-0.4, -0.2) is 65.1 Å². The van der Waals surface area contributed by atoms with Gasteiger partial charge in [-0.3, -0.25) is 14.4 Å². The van der Waals surface area contributed by atoms with Crippen LogP contribution < -0.4 is 0 Å². The van der Waals surface area contributed by atoms with E-state index in [1.165, 1.54) is 11.1 Å². The van der Waals surface area contributed by atoms with E-state index < -0.39 is 0 Å². The molecule has 0 saturated carbocycles. The number of likely N-dealkylation sites (tertiary alicyclic amines) is 1. The van der Waals surface area contributed by atoms with Crippen molar-refractivity contribution >= 4 is 17.7 Å². The van der Waals surface area contributed by atoms with Gasteiger partial charge in [-0.15, -0.1) is 0 Å². The molecule has 4 rings (SSSR count). The fourth-order valence-corrected chi connectivity index (χ4v) is 4.80. The summed E-state index contributed by atoms with van der Waals surface area (Å²) in [7, 11) is 0. The van der Waals surface area contributed by atoms with Gasteiger partial charge in [0.1, 0.15) is 0 Å². The summed E-state index contributed by atoms with van der Waals surface area (Å²) in [4.78, 5) is 43.7. The Balaban J connectivity index is 1.27. The Bertz CT molecular complexity index is 991. The van der Waals surface area contributed by atoms with Crippen LogP contribution in [-0.2, 0) is 27.3 Å². The second kappa shape index (κ2) is 10.6. The minimum absolute atomic E-state index is 0.0114. The Morgan fingerprint density at radius 2 is 1.73 bits per heavy atom. The Hall–Kier alpha value is -3.15. The third-order valence-electron chi connectivity index (χ3n) is 6.67. The summed E-state index contributed by atoms with van der Waals surface area (Å²) < 4.78 is 0. The number of amides is 3. The minimum atomic E-state index is -0.212. The summed E-state index contributed by atoms with van der Waals surface area (Å²) in [5, 5.41) is 0. The van der Waals surface area contributed by atoms with Gasteiger partial charge in [0.2, 0.25) is 17.7 Å². The molecule has 6 nitrogen and oxygen atoms in total. The highest BCUT2D eigenvalue weighted by atomic mass is 16.2. The summed E-state index contributed by atoms with van der Waals surface area (Å²) in [5.74, 6) is -0.0801. The second-order valence-electron chi connectivity index (χ2n) is 9.23. The van der Waals surface area contributed by atoms with E-state index in [1.54, 1.807) is 4.90 Å². The Kier molecular flexibility index (Phi) is 7.43. The van der Waals surface area contributed by atoms with Crippen molar-refractivity contribution in [2.24, 2.45) is 5.92 Å². The highest BCUT2D eigenvalue weighted by Gasteiger charge is 2.35. The maximum Gasteiger partial charge on any atom is 0.242 e. The fourth-order valence-electron chi connectivity index (χ4n) is 4.80. The van der Waals surface area contributed by atoms with Gasteiger partial charge in [-0.25, -0.2) is 0 Å². The van der Waals surface area contributed by atoms with Crippen molar-refractivity contribution in [2.45, 2.75) is 39.2 Å². The molecule has 33 heavy (non-hydrogen) atoms. The Morgan fingerprint density at radius 1 is 0.939 bits per heavy atom. The van der Waals surface area contributed by atoms with E-state index >= 15 is 0 Å². The molecule has 0 N–H and O–H groups in total. The minimum Gasteiger partial charge on any atom is -0.342 e. The topological polar surface area (TPSA) is 60.9 Å². The summed E-state index contributed by atoms with van der Waals surface area (Å²) in [6, 6.07) is 18.4. The molecule has 0 spiro atoms. The smallest absolute Gasteiger partial charge is 0.242 e. The van der Waals surface area contributed by atoms with Gasteiger partial charge < -0.3 is 14.7 Å². The normalized spacial score (nSPS) is 19.2. The molecular weight excluding hydrogens is 414 g/mol. The van der Waals surface area contributed by atoms with Crippen LogP contribution in [0.3, 0.4) is 0 Å². The summed E-state index contributed by atoms with van der Waals surface area (Å²) in [6.45, 7) is 4.98. The van der Waals surface area contributed by atoms with E-state index in [-0.39, 0.29) is 30.2 Å². The van der Waals surface area contributed by atoms with Gasteiger partial charge in [-0.05, 0) is 37.3 Å². The van der Waals surface area contributed by atoms with Crippen LogP contribution in [0.1, 0.15) is 36.0 Å². The molecule has 174 valence electrons. The van der Waals surface area contributed by atoms with E-state index in [0.717, 1.165) is 18.4 Å². The molecule has 2 aliphatic heterocycles. The van der Waals surface area contributed by atoms with Gasteiger partial charge in [0.05, 0.1) is 12.5 Å². The molecule has 2 aromatic rings.